The van der Waals surface area contributed by atoms with Gasteiger partial charge in [-0.1, -0.05) is 68.4 Å². The van der Waals surface area contributed by atoms with Crippen molar-refractivity contribution in [1.29, 1.82) is 0 Å². The molecule has 1 saturated heterocycles. The molecule has 3 aromatic carbocycles. The van der Waals surface area contributed by atoms with Crippen molar-refractivity contribution in [2.75, 3.05) is 19.0 Å². The fourth-order valence-electron chi connectivity index (χ4n) is 6.77. The molecule has 3 aromatic rings. The molecule has 0 unspecified atom stereocenters. The molecule has 8 heteroatoms. The first-order valence-corrected chi connectivity index (χ1v) is 13.5. The van der Waals surface area contributed by atoms with E-state index in [9.17, 15) is 19.2 Å². The number of carbonyl (C=O) groups is 4. The van der Waals surface area contributed by atoms with Crippen LogP contribution >= 0.6 is 0 Å². The van der Waals surface area contributed by atoms with Gasteiger partial charge in [-0.25, -0.2) is 4.79 Å². The topological polar surface area (TPSA) is 102 Å². The van der Waals surface area contributed by atoms with Crippen LogP contribution in [-0.4, -0.2) is 48.3 Å². The number of carbonyl (C=O) groups excluding carboxylic acids is 4. The Labute approximate surface area is 232 Å². The van der Waals surface area contributed by atoms with Crippen molar-refractivity contribution in [2.45, 2.75) is 31.7 Å². The summed E-state index contributed by atoms with van der Waals surface area (Å²) in [5.74, 6) is -3.58. The number of hydrogen-bond donors (Lipinski definition) is 1. The largest absolute Gasteiger partial charge is 0.497 e. The number of nitrogens with zero attached hydrogens (tertiary/aromatic N) is 1. The number of anilines is 1. The van der Waals surface area contributed by atoms with Gasteiger partial charge >= 0.3 is 5.97 Å². The Morgan fingerprint density at radius 3 is 1.82 bits per heavy atom. The molecular weight excluding hydrogens is 508 g/mol. The summed E-state index contributed by atoms with van der Waals surface area (Å²) in [5, 5.41) is 2.66. The van der Waals surface area contributed by atoms with E-state index >= 15 is 0 Å². The molecule has 8 nitrogen and oxygen atoms in total. The Hall–Kier alpha value is -4.46. The summed E-state index contributed by atoms with van der Waals surface area (Å²) in [6.45, 7) is 2.98. The molecule has 1 heterocycles. The van der Waals surface area contributed by atoms with Crippen molar-refractivity contribution in [3.8, 4) is 5.75 Å². The average Bonchev–Trinajstić information content (AvgIpc) is 3.22. The van der Waals surface area contributed by atoms with E-state index in [4.69, 9.17) is 9.47 Å². The SMILES string of the molecule is COc1cccc(NC(=O)COC(=O)[C@H](C(C)C)N2C(=O)[C@@H]3C4c5ccccc5C(c5ccccc54)[C@@H]3C2=O)c1. The average molecular weight is 539 g/mol. The van der Waals surface area contributed by atoms with Crippen molar-refractivity contribution in [1.82, 2.24) is 4.90 Å². The van der Waals surface area contributed by atoms with Crippen LogP contribution in [0.4, 0.5) is 5.69 Å². The van der Waals surface area contributed by atoms with E-state index in [1.807, 2.05) is 48.5 Å². The predicted molar refractivity (Wildman–Crippen MR) is 147 cm³/mol. The van der Waals surface area contributed by atoms with Crippen molar-refractivity contribution in [3.63, 3.8) is 0 Å². The quantitative estimate of drug-likeness (QED) is 0.359. The van der Waals surface area contributed by atoms with Gasteiger partial charge in [0.05, 0.1) is 18.9 Å². The summed E-state index contributed by atoms with van der Waals surface area (Å²) >= 11 is 0. The van der Waals surface area contributed by atoms with Gasteiger partial charge in [-0.3, -0.25) is 19.3 Å². The van der Waals surface area contributed by atoms with Gasteiger partial charge in [0.25, 0.3) is 5.91 Å². The minimum atomic E-state index is -1.14. The van der Waals surface area contributed by atoms with Crippen LogP contribution in [0.15, 0.2) is 72.8 Å². The highest BCUT2D eigenvalue weighted by atomic mass is 16.5. The number of nitrogens with one attached hydrogen (secondary N) is 1. The van der Waals surface area contributed by atoms with Crippen molar-refractivity contribution < 1.29 is 28.7 Å². The molecule has 2 bridgehead atoms. The molecule has 204 valence electrons. The van der Waals surface area contributed by atoms with Crippen LogP contribution in [0.5, 0.6) is 5.75 Å². The zero-order valence-electron chi connectivity index (χ0n) is 22.5. The number of methoxy groups -OCH3 is 1. The molecular formula is C32H30N2O6. The van der Waals surface area contributed by atoms with Crippen molar-refractivity contribution in [2.24, 2.45) is 17.8 Å². The first kappa shape index (κ1) is 25.8. The molecule has 3 atom stereocenters. The number of hydrogen-bond acceptors (Lipinski definition) is 6. The third-order valence-electron chi connectivity index (χ3n) is 8.33. The van der Waals surface area contributed by atoms with E-state index in [1.54, 1.807) is 38.1 Å². The van der Waals surface area contributed by atoms with Gasteiger partial charge in [0.1, 0.15) is 11.8 Å². The second kappa shape index (κ2) is 9.93. The molecule has 0 saturated carbocycles. The fourth-order valence-corrected chi connectivity index (χ4v) is 6.77. The summed E-state index contributed by atoms with van der Waals surface area (Å²) in [6, 6.07) is 21.6. The summed E-state index contributed by atoms with van der Waals surface area (Å²) in [5.41, 5.74) is 4.74. The van der Waals surface area contributed by atoms with Crippen molar-refractivity contribution in [3.05, 3.63) is 95.1 Å². The summed E-state index contributed by atoms with van der Waals surface area (Å²) in [6.07, 6.45) is 0. The standard InChI is InChI=1S/C32H30N2O6/c1-17(2)29(32(38)40-16-24(35)33-18-9-8-10-19(15-18)39-3)34-30(36)27-25-20-11-4-5-12-21(20)26(28(27)31(34)37)23-14-7-6-13-22(23)25/h4-15,17,25-29H,16H2,1-3H3,(H,33,35)/t25?,26?,27-,28+,29-/m0/s1. The first-order chi connectivity index (χ1) is 19.3. The molecule has 7 rings (SSSR count). The maximum absolute atomic E-state index is 14.1. The molecule has 0 spiro atoms. The van der Waals surface area contributed by atoms with Gasteiger partial charge in [-0.05, 0) is 40.3 Å². The second-order valence-electron chi connectivity index (χ2n) is 10.9. The van der Waals surface area contributed by atoms with Crippen LogP contribution in [0.1, 0.15) is 47.9 Å². The van der Waals surface area contributed by atoms with Crippen LogP contribution in [0.25, 0.3) is 0 Å². The highest BCUT2D eigenvalue weighted by molar-refractivity contribution is 6.10. The van der Waals surface area contributed by atoms with E-state index in [2.05, 4.69) is 5.32 Å². The number of ether oxygens (including phenoxy) is 2. The summed E-state index contributed by atoms with van der Waals surface area (Å²) in [7, 11) is 1.52. The van der Waals surface area contributed by atoms with E-state index in [1.165, 1.54) is 7.11 Å². The lowest BCUT2D eigenvalue weighted by atomic mass is 9.55. The smallest absolute Gasteiger partial charge is 0.330 e. The molecule has 1 fully saturated rings. The number of amides is 3. The minimum absolute atomic E-state index is 0.263. The fraction of sp³-hybridized carbons (Fsp3) is 0.312. The second-order valence-corrected chi connectivity index (χ2v) is 10.9. The molecule has 4 aliphatic rings. The molecule has 1 N–H and O–H groups in total. The molecule has 1 aliphatic heterocycles. The van der Waals surface area contributed by atoms with Gasteiger partial charge in [0, 0.05) is 23.6 Å². The lowest BCUT2D eigenvalue weighted by molar-refractivity contribution is -0.162. The van der Waals surface area contributed by atoms with Crippen LogP contribution < -0.4 is 10.1 Å². The molecule has 3 aliphatic carbocycles. The maximum Gasteiger partial charge on any atom is 0.330 e. The third kappa shape index (κ3) is 3.97. The number of likely N-dealkylation sites (tertiary alicyclic amines) is 1. The Morgan fingerprint density at radius 1 is 0.825 bits per heavy atom. The van der Waals surface area contributed by atoms with E-state index in [0.717, 1.165) is 27.2 Å². The normalized spacial score (nSPS) is 22.9. The lowest BCUT2D eigenvalue weighted by Gasteiger charge is -2.45. The van der Waals surface area contributed by atoms with Crippen molar-refractivity contribution >= 4 is 29.4 Å². The number of esters is 1. The van der Waals surface area contributed by atoms with E-state index in [-0.39, 0.29) is 23.7 Å². The van der Waals surface area contributed by atoms with Crippen LogP contribution in [0.2, 0.25) is 0 Å². The van der Waals surface area contributed by atoms with Crippen LogP contribution in [-0.2, 0) is 23.9 Å². The number of rotatable bonds is 7. The number of imide groups is 1. The van der Waals surface area contributed by atoms with Crippen LogP contribution in [0, 0.1) is 17.8 Å². The summed E-state index contributed by atoms with van der Waals surface area (Å²) in [4.78, 5) is 55.1. The van der Waals surface area contributed by atoms with Gasteiger partial charge in [-0.2, -0.15) is 0 Å². The number of benzene rings is 3. The predicted octanol–water partition coefficient (Wildman–Crippen LogP) is 4.09. The zero-order chi connectivity index (χ0) is 28.1. The third-order valence-corrected chi connectivity index (χ3v) is 8.33. The van der Waals surface area contributed by atoms with Crippen LogP contribution in [0.3, 0.4) is 0 Å². The Balaban J connectivity index is 1.25. The Kier molecular flexibility index (Phi) is 6.41. The molecule has 0 aromatic heterocycles. The monoisotopic (exact) mass is 538 g/mol. The highest BCUT2D eigenvalue weighted by Gasteiger charge is 2.63. The maximum atomic E-state index is 14.1. The van der Waals surface area contributed by atoms with Gasteiger partial charge in [-0.15, -0.1) is 0 Å². The summed E-state index contributed by atoms with van der Waals surface area (Å²) < 4.78 is 10.5. The Bertz CT molecular complexity index is 1420. The Morgan fingerprint density at radius 2 is 1.35 bits per heavy atom. The zero-order valence-corrected chi connectivity index (χ0v) is 22.5. The molecule has 0 radical (unpaired) electrons. The minimum Gasteiger partial charge on any atom is -0.497 e. The van der Waals surface area contributed by atoms with Gasteiger partial charge < -0.3 is 14.8 Å². The van der Waals surface area contributed by atoms with Gasteiger partial charge in [0.15, 0.2) is 6.61 Å². The molecule has 40 heavy (non-hydrogen) atoms. The molecule has 3 amide bonds. The highest BCUT2D eigenvalue weighted by Crippen LogP contribution is 2.61. The van der Waals surface area contributed by atoms with E-state index in [0.29, 0.717) is 11.4 Å². The lowest BCUT2D eigenvalue weighted by Crippen LogP contribution is -2.49. The van der Waals surface area contributed by atoms with E-state index < -0.39 is 42.3 Å². The van der Waals surface area contributed by atoms with Gasteiger partial charge in [0.2, 0.25) is 11.8 Å². The first-order valence-electron chi connectivity index (χ1n) is 13.5.